The number of nitriles is 1. The van der Waals surface area contributed by atoms with Gasteiger partial charge in [0.15, 0.2) is 0 Å². The number of nitrogens with one attached hydrogen (secondary N) is 1. The molecule has 0 unspecified atom stereocenters. The van der Waals surface area contributed by atoms with Gasteiger partial charge >= 0.3 is 0 Å². The van der Waals surface area contributed by atoms with Crippen LogP contribution < -0.4 is 9.62 Å². The van der Waals surface area contributed by atoms with Crippen LogP contribution >= 0.6 is 0 Å². The van der Waals surface area contributed by atoms with Gasteiger partial charge in [-0.25, -0.2) is 8.42 Å². The van der Waals surface area contributed by atoms with Crippen molar-refractivity contribution in [2.45, 2.75) is 49.3 Å². The Labute approximate surface area is 167 Å². The molecule has 0 atom stereocenters. The SMILES string of the molecule is N#CCN1CCc2ccc(NS(=O)(=O)c3ccc(C4CCCCC4)cc3)cc21. The predicted molar refractivity (Wildman–Crippen MR) is 111 cm³/mol. The lowest BCUT2D eigenvalue weighted by Gasteiger charge is -2.22. The van der Waals surface area contributed by atoms with E-state index in [1.165, 1.54) is 37.7 Å². The molecule has 0 spiro atoms. The molecule has 1 aliphatic carbocycles. The van der Waals surface area contributed by atoms with E-state index in [4.69, 9.17) is 5.26 Å². The summed E-state index contributed by atoms with van der Waals surface area (Å²) in [6, 6.07) is 15.1. The van der Waals surface area contributed by atoms with Crippen molar-refractivity contribution in [2.75, 3.05) is 22.7 Å². The zero-order valence-electron chi connectivity index (χ0n) is 15.9. The summed E-state index contributed by atoms with van der Waals surface area (Å²) in [4.78, 5) is 2.26. The van der Waals surface area contributed by atoms with Crippen LogP contribution in [0.4, 0.5) is 11.4 Å². The van der Waals surface area contributed by atoms with Crippen LogP contribution in [0, 0.1) is 11.3 Å². The standard InChI is InChI=1S/C22H25N3O2S/c23-13-15-25-14-12-19-6-9-20(16-22(19)25)24-28(26,27)21-10-7-18(8-11-21)17-4-2-1-3-5-17/h6-11,16-17,24H,1-5,12,14-15H2. The number of rotatable bonds is 5. The molecule has 0 saturated heterocycles. The Kier molecular flexibility index (Phi) is 5.27. The van der Waals surface area contributed by atoms with Crippen molar-refractivity contribution in [3.63, 3.8) is 0 Å². The van der Waals surface area contributed by atoms with E-state index in [2.05, 4.69) is 10.8 Å². The molecule has 2 aromatic carbocycles. The van der Waals surface area contributed by atoms with Gasteiger partial charge in [0.25, 0.3) is 10.0 Å². The van der Waals surface area contributed by atoms with Crippen LogP contribution in [0.5, 0.6) is 0 Å². The van der Waals surface area contributed by atoms with E-state index in [1.807, 2.05) is 29.2 Å². The highest BCUT2D eigenvalue weighted by Gasteiger charge is 2.21. The van der Waals surface area contributed by atoms with Crippen molar-refractivity contribution in [2.24, 2.45) is 0 Å². The Bertz CT molecular complexity index is 987. The first-order valence-corrected chi connectivity index (χ1v) is 11.4. The van der Waals surface area contributed by atoms with Crippen LogP contribution in [-0.4, -0.2) is 21.5 Å². The second-order valence-electron chi connectivity index (χ2n) is 7.68. The van der Waals surface area contributed by atoms with E-state index in [0.29, 0.717) is 18.2 Å². The van der Waals surface area contributed by atoms with Gasteiger partial charge in [-0.15, -0.1) is 0 Å². The minimum Gasteiger partial charge on any atom is -0.358 e. The van der Waals surface area contributed by atoms with E-state index >= 15 is 0 Å². The Morgan fingerprint density at radius 2 is 1.82 bits per heavy atom. The summed E-state index contributed by atoms with van der Waals surface area (Å²) in [7, 11) is -3.64. The number of anilines is 2. The Morgan fingerprint density at radius 3 is 2.54 bits per heavy atom. The number of sulfonamides is 1. The second kappa shape index (κ2) is 7.84. The highest BCUT2D eigenvalue weighted by Crippen LogP contribution is 2.34. The van der Waals surface area contributed by atoms with Crippen molar-refractivity contribution in [3.8, 4) is 6.07 Å². The van der Waals surface area contributed by atoms with Crippen LogP contribution in [-0.2, 0) is 16.4 Å². The maximum atomic E-state index is 12.8. The number of hydrogen-bond acceptors (Lipinski definition) is 4. The molecule has 0 bridgehead atoms. The average Bonchev–Trinajstić information content (AvgIpc) is 3.11. The lowest BCUT2D eigenvalue weighted by atomic mass is 9.84. The zero-order valence-corrected chi connectivity index (χ0v) is 16.7. The Morgan fingerprint density at radius 1 is 1.07 bits per heavy atom. The van der Waals surface area contributed by atoms with Gasteiger partial charge in [-0.2, -0.15) is 5.26 Å². The fourth-order valence-electron chi connectivity index (χ4n) is 4.33. The largest absolute Gasteiger partial charge is 0.358 e. The van der Waals surface area contributed by atoms with E-state index < -0.39 is 10.0 Å². The summed E-state index contributed by atoms with van der Waals surface area (Å²) < 4.78 is 28.3. The molecule has 1 heterocycles. The third-order valence-electron chi connectivity index (χ3n) is 5.86. The molecule has 1 N–H and O–H groups in total. The second-order valence-corrected chi connectivity index (χ2v) is 9.37. The number of fused-ring (bicyclic) bond motifs is 1. The van der Waals surface area contributed by atoms with E-state index in [1.54, 1.807) is 18.2 Å². The van der Waals surface area contributed by atoms with E-state index in [0.717, 1.165) is 24.2 Å². The lowest BCUT2D eigenvalue weighted by Crippen LogP contribution is -2.20. The van der Waals surface area contributed by atoms with Crippen molar-refractivity contribution in [1.29, 1.82) is 5.26 Å². The summed E-state index contributed by atoms with van der Waals surface area (Å²) in [5, 5.41) is 8.97. The third-order valence-corrected chi connectivity index (χ3v) is 7.26. The minimum absolute atomic E-state index is 0.279. The third kappa shape index (κ3) is 3.85. The quantitative estimate of drug-likeness (QED) is 0.761. The summed E-state index contributed by atoms with van der Waals surface area (Å²) in [5.74, 6) is 0.557. The van der Waals surface area contributed by atoms with Crippen molar-refractivity contribution in [1.82, 2.24) is 0 Å². The first-order valence-electron chi connectivity index (χ1n) is 9.94. The minimum atomic E-state index is -3.64. The van der Waals surface area contributed by atoms with Gasteiger partial charge in [0.1, 0.15) is 6.54 Å². The van der Waals surface area contributed by atoms with Gasteiger partial charge in [-0.1, -0.05) is 37.5 Å². The van der Waals surface area contributed by atoms with E-state index in [9.17, 15) is 8.42 Å². The highest BCUT2D eigenvalue weighted by atomic mass is 32.2. The lowest BCUT2D eigenvalue weighted by molar-refractivity contribution is 0.443. The fourth-order valence-corrected chi connectivity index (χ4v) is 5.38. The summed E-state index contributed by atoms with van der Waals surface area (Å²) in [6.45, 7) is 1.10. The molecular weight excluding hydrogens is 370 g/mol. The van der Waals surface area contributed by atoms with E-state index in [-0.39, 0.29) is 4.90 Å². The molecule has 2 aliphatic rings. The molecule has 1 fully saturated rings. The highest BCUT2D eigenvalue weighted by molar-refractivity contribution is 7.92. The zero-order chi connectivity index (χ0) is 19.6. The smallest absolute Gasteiger partial charge is 0.261 e. The van der Waals surface area contributed by atoms with Crippen LogP contribution in [0.15, 0.2) is 47.4 Å². The van der Waals surface area contributed by atoms with Crippen molar-refractivity contribution >= 4 is 21.4 Å². The molecule has 5 nitrogen and oxygen atoms in total. The average molecular weight is 396 g/mol. The molecule has 0 aromatic heterocycles. The van der Waals surface area contributed by atoms with Crippen LogP contribution in [0.2, 0.25) is 0 Å². The predicted octanol–water partition coefficient (Wildman–Crippen LogP) is 4.42. The topological polar surface area (TPSA) is 73.2 Å². The molecule has 4 rings (SSSR count). The Hall–Kier alpha value is -2.52. The number of hydrogen-bond donors (Lipinski definition) is 1. The molecule has 6 heteroatoms. The van der Waals surface area contributed by atoms with Crippen LogP contribution in [0.1, 0.15) is 49.1 Å². The summed E-state index contributed by atoms with van der Waals surface area (Å²) >= 11 is 0. The number of benzene rings is 2. The molecule has 1 aliphatic heterocycles. The van der Waals surface area contributed by atoms with Gasteiger partial charge in [0, 0.05) is 12.2 Å². The van der Waals surface area contributed by atoms with Crippen LogP contribution in [0.3, 0.4) is 0 Å². The maximum absolute atomic E-state index is 12.8. The van der Waals surface area contributed by atoms with Gasteiger partial charge in [-0.3, -0.25) is 4.72 Å². The molecule has 0 radical (unpaired) electrons. The molecule has 2 aromatic rings. The molecule has 1 saturated carbocycles. The molecular formula is C22H25N3O2S. The number of nitrogens with zero attached hydrogens (tertiary/aromatic N) is 2. The maximum Gasteiger partial charge on any atom is 0.261 e. The molecule has 28 heavy (non-hydrogen) atoms. The molecule has 146 valence electrons. The van der Waals surface area contributed by atoms with Gasteiger partial charge < -0.3 is 4.90 Å². The van der Waals surface area contributed by atoms with Crippen molar-refractivity contribution < 1.29 is 8.42 Å². The molecule has 0 amide bonds. The van der Waals surface area contributed by atoms with Gasteiger partial charge in [-0.05, 0) is 60.6 Å². The Balaban J connectivity index is 1.51. The monoisotopic (exact) mass is 395 g/mol. The summed E-state index contributed by atoms with van der Waals surface area (Å²) in [6.07, 6.45) is 7.09. The van der Waals surface area contributed by atoms with Crippen molar-refractivity contribution in [3.05, 3.63) is 53.6 Å². The van der Waals surface area contributed by atoms with Crippen LogP contribution in [0.25, 0.3) is 0 Å². The van der Waals surface area contributed by atoms with Gasteiger partial charge in [0.2, 0.25) is 0 Å². The summed E-state index contributed by atoms with van der Waals surface area (Å²) in [5.41, 5.74) is 3.85. The first kappa shape index (κ1) is 18.8. The fraction of sp³-hybridized carbons (Fsp3) is 0.409. The first-order chi connectivity index (χ1) is 13.6. The van der Waals surface area contributed by atoms with Gasteiger partial charge in [0.05, 0.1) is 16.7 Å². The normalized spacial score (nSPS) is 17.2.